The lowest BCUT2D eigenvalue weighted by molar-refractivity contribution is -0.137. The largest absolute Gasteiger partial charge is 0.418 e. The number of carbonyl (C=O) groups excluding carboxylic acids is 1. The van der Waals surface area contributed by atoms with Crippen molar-refractivity contribution in [2.75, 3.05) is 5.32 Å². The summed E-state index contributed by atoms with van der Waals surface area (Å²) in [7, 11) is 0. The van der Waals surface area contributed by atoms with E-state index >= 15 is 0 Å². The zero-order valence-corrected chi connectivity index (χ0v) is 13.3. The molecule has 3 nitrogen and oxygen atoms in total. The molecule has 1 aromatic carbocycles. The van der Waals surface area contributed by atoms with Crippen LogP contribution in [0.15, 0.2) is 41.1 Å². The fraction of sp³-hybridized carbons (Fsp3) is 0.312. The number of nitrogens with one attached hydrogen (secondary N) is 2. The summed E-state index contributed by atoms with van der Waals surface area (Å²) < 4.78 is 38.6. The molecule has 0 unspecified atom stereocenters. The second kappa shape index (κ2) is 7.61. The average Bonchev–Trinajstić information content (AvgIpc) is 2.97. The molecule has 0 saturated heterocycles. The number of hydrogen-bond acceptors (Lipinski definition) is 3. The summed E-state index contributed by atoms with van der Waals surface area (Å²) in [5.74, 6) is -0.452. The second-order valence-corrected chi connectivity index (χ2v) is 5.99. The van der Waals surface area contributed by atoms with Gasteiger partial charge in [0.25, 0.3) is 0 Å². The van der Waals surface area contributed by atoms with Gasteiger partial charge in [-0.25, -0.2) is 0 Å². The molecule has 1 atom stereocenters. The molecule has 7 heteroatoms. The first kappa shape index (κ1) is 17.5. The number of carbonyl (C=O) groups is 1. The van der Waals surface area contributed by atoms with Crippen molar-refractivity contribution in [3.63, 3.8) is 0 Å². The number of amides is 1. The molecule has 124 valence electrons. The number of hydrogen-bond donors (Lipinski definition) is 2. The first-order chi connectivity index (χ1) is 10.9. The Morgan fingerprint density at radius 1 is 1.26 bits per heavy atom. The van der Waals surface area contributed by atoms with Crippen LogP contribution in [0.2, 0.25) is 0 Å². The minimum Gasteiger partial charge on any atom is -0.325 e. The lowest BCUT2D eigenvalue weighted by Crippen LogP contribution is -2.30. The molecule has 23 heavy (non-hydrogen) atoms. The van der Waals surface area contributed by atoms with Crippen molar-refractivity contribution >= 4 is 22.9 Å². The molecule has 0 bridgehead atoms. The smallest absolute Gasteiger partial charge is 0.325 e. The van der Waals surface area contributed by atoms with Gasteiger partial charge in [-0.05, 0) is 41.4 Å². The van der Waals surface area contributed by atoms with Gasteiger partial charge < -0.3 is 10.6 Å². The van der Waals surface area contributed by atoms with E-state index in [9.17, 15) is 18.0 Å². The van der Waals surface area contributed by atoms with Crippen molar-refractivity contribution in [3.05, 3.63) is 52.2 Å². The lowest BCUT2D eigenvalue weighted by atomic mass is 10.1. The molecule has 1 amide bonds. The van der Waals surface area contributed by atoms with E-state index < -0.39 is 17.6 Å². The summed E-state index contributed by atoms with van der Waals surface area (Å²) in [5.41, 5.74) is 0.0620. The molecule has 0 aliphatic heterocycles. The van der Waals surface area contributed by atoms with Crippen molar-refractivity contribution in [1.29, 1.82) is 0 Å². The maximum absolute atomic E-state index is 12.9. The number of thiophene rings is 1. The van der Waals surface area contributed by atoms with E-state index in [0.29, 0.717) is 6.54 Å². The first-order valence-corrected chi connectivity index (χ1v) is 8.01. The van der Waals surface area contributed by atoms with Gasteiger partial charge in [-0.3, -0.25) is 4.79 Å². The first-order valence-electron chi connectivity index (χ1n) is 7.07. The van der Waals surface area contributed by atoms with Gasteiger partial charge >= 0.3 is 6.18 Å². The SMILES string of the molecule is C[C@H](CC(=O)Nc1ccccc1C(F)(F)F)NCc1ccsc1. The number of rotatable bonds is 6. The second-order valence-electron chi connectivity index (χ2n) is 5.21. The predicted octanol–water partition coefficient (Wildman–Crippen LogP) is 4.27. The third kappa shape index (κ3) is 5.37. The normalized spacial score (nSPS) is 12.9. The van der Waals surface area contributed by atoms with Gasteiger partial charge in [-0.1, -0.05) is 12.1 Å². The molecule has 0 saturated carbocycles. The number of benzene rings is 1. The van der Waals surface area contributed by atoms with Crippen LogP contribution in [0.3, 0.4) is 0 Å². The van der Waals surface area contributed by atoms with Crippen molar-refractivity contribution in [3.8, 4) is 0 Å². The zero-order chi connectivity index (χ0) is 16.9. The Balaban J connectivity index is 1.89. The Hall–Kier alpha value is -1.86. The van der Waals surface area contributed by atoms with Crippen molar-refractivity contribution in [1.82, 2.24) is 5.32 Å². The van der Waals surface area contributed by atoms with E-state index in [2.05, 4.69) is 10.6 Å². The Kier molecular flexibility index (Phi) is 5.79. The van der Waals surface area contributed by atoms with Crippen LogP contribution >= 0.6 is 11.3 Å². The number of para-hydroxylation sites is 1. The molecule has 1 heterocycles. The maximum atomic E-state index is 12.9. The molecule has 0 radical (unpaired) electrons. The number of alkyl halides is 3. The molecule has 1 aromatic heterocycles. The fourth-order valence-corrected chi connectivity index (χ4v) is 2.74. The van der Waals surface area contributed by atoms with Crippen LogP contribution in [0.1, 0.15) is 24.5 Å². The molecule has 0 spiro atoms. The number of halogens is 3. The van der Waals surface area contributed by atoms with E-state index in [1.807, 2.05) is 23.8 Å². The summed E-state index contributed by atoms with van der Waals surface area (Å²) in [6.45, 7) is 2.44. The fourth-order valence-electron chi connectivity index (χ4n) is 2.08. The quantitative estimate of drug-likeness (QED) is 0.823. The van der Waals surface area contributed by atoms with Crippen molar-refractivity contribution in [2.24, 2.45) is 0 Å². The van der Waals surface area contributed by atoms with Gasteiger partial charge in [0.1, 0.15) is 0 Å². The average molecular weight is 342 g/mol. The van der Waals surface area contributed by atoms with Crippen LogP contribution in [-0.4, -0.2) is 11.9 Å². The minimum absolute atomic E-state index is 0.0936. The topological polar surface area (TPSA) is 41.1 Å². The van der Waals surface area contributed by atoms with Crippen LogP contribution in [0.5, 0.6) is 0 Å². The van der Waals surface area contributed by atoms with Crippen molar-refractivity contribution < 1.29 is 18.0 Å². The van der Waals surface area contributed by atoms with Gasteiger partial charge in [-0.15, -0.1) is 0 Å². The summed E-state index contributed by atoms with van der Waals surface area (Å²) in [5, 5.41) is 9.47. The van der Waals surface area contributed by atoms with E-state index in [0.717, 1.165) is 11.6 Å². The highest BCUT2D eigenvalue weighted by atomic mass is 32.1. The molecular formula is C16H17F3N2OS. The summed E-state index contributed by atoms with van der Waals surface area (Å²) >= 11 is 1.58. The van der Waals surface area contributed by atoms with Gasteiger partial charge in [0.15, 0.2) is 0 Å². The molecule has 2 rings (SSSR count). The Labute approximate surface area is 136 Å². The van der Waals surface area contributed by atoms with Gasteiger partial charge in [0.2, 0.25) is 5.91 Å². The maximum Gasteiger partial charge on any atom is 0.418 e. The summed E-state index contributed by atoms with van der Waals surface area (Å²) in [6.07, 6.45) is -4.40. The van der Waals surface area contributed by atoms with Gasteiger partial charge in [0, 0.05) is 19.0 Å². The highest BCUT2D eigenvalue weighted by molar-refractivity contribution is 7.07. The standard InChI is InChI=1S/C16H17F3N2OS/c1-11(20-9-12-6-7-23-10-12)8-15(22)21-14-5-3-2-4-13(14)16(17,18)19/h2-7,10-11,20H,8-9H2,1H3,(H,21,22)/t11-/m1/s1. The highest BCUT2D eigenvalue weighted by Crippen LogP contribution is 2.34. The van der Waals surface area contributed by atoms with Crippen LogP contribution in [0.4, 0.5) is 18.9 Å². The Bertz CT molecular complexity index is 641. The Morgan fingerprint density at radius 3 is 2.65 bits per heavy atom. The van der Waals surface area contributed by atoms with Gasteiger partial charge in [0.05, 0.1) is 11.3 Å². The Morgan fingerprint density at radius 2 is 2.00 bits per heavy atom. The van der Waals surface area contributed by atoms with Crippen LogP contribution in [0, 0.1) is 0 Å². The molecule has 2 N–H and O–H groups in total. The highest BCUT2D eigenvalue weighted by Gasteiger charge is 2.33. The third-order valence-corrected chi connectivity index (χ3v) is 3.96. The summed E-state index contributed by atoms with van der Waals surface area (Å²) in [6, 6.07) is 6.79. The van der Waals surface area contributed by atoms with E-state index in [4.69, 9.17) is 0 Å². The van der Waals surface area contributed by atoms with Crippen LogP contribution in [-0.2, 0) is 17.5 Å². The van der Waals surface area contributed by atoms with E-state index in [-0.39, 0.29) is 18.2 Å². The van der Waals surface area contributed by atoms with E-state index in [1.165, 1.54) is 18.2 Å². The zero-order valence-electron chi connectivity index (χ0n) is 12.5. The third-order valence-electron chi connectivity index (χ3n) is 3.23. The molecular weight excluding hydrogens is 325 g/mol. The molecule has 0 aliphatic carbocycles. The molecule has 0 aliphatic rings. The van der Waals surface area contributed by atoms with E-state index in [1.54, 1.807) is 11.3 Å². The molecule has 0 fully saturated rings. The minimum atomic E-state index is -4.49. The molecule has 2 aromatic rings. The summed E-state index contributed by atoms with van der Waals surface area (Å²) in [4.78, 5) is 11.9. The predicted molar refractivity (Wildman–Crippen MR) is 85.3 cm³/mol. The van der Waals surface area contributed by atoms with Crippen LogP contribution in [0.25, 0.3) is 0 Å². The lowest BCUT2D eigenvalue weighted by Gasteiger charge is -2.16. The van der Waals surface area contributed by atoms with Gasteiger partial charge in [-0.2, -0.15) is 24.5 Å². The monoisotopic (exact) mass is 342 g/mol. The van der Waals surface area contributed by atoms with Crippen LogP contribution < -0.4 is 10.6 Å². The van der Waals surface area contributed by atoms with Crippen molar-refractivity contribution in [2.45, 2.75) is 32.1 Å². The number of anilines is 1.